The average Bonchev–Trinajstić information content (AvgIpc) is 3.11. The molecule has 3 aromatic heterocycles. The predicted octanol–water partition coefficient (Wildman–Crippen LogP) is 3.58. The molecule has 0 N–H and O–H groups in total. The molecule has 3 aromatic rings. The van der Waals surface area contributed by atoms with Crippen LogP contribution >= 0.6 is 11.8 Å². The van der Waals surface area contributed by atoms with Gasteiger partial charge in [-0.2, -0.15) is 4.98 Å². The molecule has 3 heterocycles. The first-order valence-corrected chi connectivity index (χ1v) is 6.66. The molecule has 0 saturated carbocycles. The van der Waals surface area contributed by atoms with E-state index < -0.39 is 0 Å². The number of nitrogens with zero attached hydrogens (tertiary/aromatic N) is 3. The zero-order valence-corrected chi connectivity index (χ0v) is 11.0. The molecule has 0 aliphatic rings. The fourth-order valence-electron chi connectivity index (χ4n) is 1.55. The molecule has 1 atom stereocenters. The molecular weight excluding hydrogens is 262 g/mol. The standard InChI is InChI=1S/C13H11N3O2S/c1-9(19-11-6-2-3-7-14-11)13-15-12(16-18-13)10-5-4-8-17-10/h2-9H,1H3/t9-/m0/s1. The van der Waals surface area contributed by atoms with Crippen LogP contribution in [0.5, 0.6) is 0 Å². The van der Waals surface area contributed by atoms with Crippen LogP contribution in [-0.2, 0) is 0 Å². The quantitative estimate of drug-likeness (QED) is 0.677. The maximum atomic E-state index is 5.25. The number of hydrogen-bond acceptors (Lipinski definition) is 6. The topological polar surface area (TPSA) is 65.0 Å². The Morgan fingerprint density at radius 3 is 2.89 bits per heavy atom. The van der Waals surface area contributed by atoms with Crippen molar-refractivity contribution in [3.05, 3.63) is 48.7 Å². The first-order valence-electron chi connectivity index (χ1n) is 5.78. The Morgan fingerprint density at radius 1 is 1.21 bits per heavy atom. The minimum Gasteiger partial charge on any atom is -0.461 e. The van der Waals surface area contributed by atoms with Gasteiger partial charge in [0.15, 0.2) is 5.76 Å². The van der Waals surface area contributed by atoms with E-state index in [9.17, 15) is 0 Å². The van der Waals surface area contributed by atoms with Gasteiger partial charge in [-0.25, -0.2) is 4.98 Å². The maximum Gasteiger partial charge on any atom is 0.240 e. The van der Waals surface area contributed by atoms with Crippen LogP contribution in [0, 0.1) is 0 Å². The SMILES string of the molecule is C[C@H](Sc1ccccn1)c1nc(-c2ccco2)no1. The van der Waals surface area contributed by atoms with Gasteiger partial charge in [0.2, 0.25) is 11.7 Å². The Balaban J connectivity index is 1.76. The number of aromatic nitrogens is 3. The van der Waals surface area contributed by atoms with Crippen molar-refractivity contribution in [3.8, 4) is 11.6 Å². The largest absolute Gasteiger partial charge is 0.461 e. The first-order chi connectivity index (χ1) is 9.33. The molecule has 5 nitrogen and oxygen atoms in total. The Kier molecular flexibility index (Phi) is 3.33. The Morgan fingerprint density at radius 2 is 2.16 bits per heavy atom. The summed E-state index contributed by atoms with van der Waals surface area (Å²) in [5, 5.41) is 4.87. The molecule has 0 radical (unpaired) electrons. The van der Waals surface area contributed by atoms with Gasteiger partial charge in [-0.1, -0.05) is 23.0 Å². The van der Waals surface area contributed by atoms with E-state index in [0.29, 0.717) is 17.5 Å². The number of pyridine rings is 1. The Hall–Kier alpha value is -2.08. The van der Waals surface area contributed by atoms with Gasteiger partial charge in [0, 0.05) is 6.20 Å². The Labute approximate surface area is 114 Å². The molecule has 0 aliphatic carbocycles. The average molecular weight is 273 g/mol. The van der Waals surface area contributed by atoms with Gasteiger partial charge in [-0.3, -0.25) is 0 Å². The second-order valence-electron chi connectivity index (χ2n) is 3.86. The minimum atomic E-state index is 0.0334. The van der Waals surface area contributed by atoms with Crippen LogP contribution in [0.2, 0.25) is 0 Å². The molecular formula is C13H11N3O2S. The van der Waals surface area contributed by atoms with Crippen molar-refractivity contribution < 1.29 is 8.94 Å². The zero-order valence-electron chi connectivity index (χ0n) is 10.2. The van der Waals surface area contributed by atoms with Crippen LogP contribution in [0.25, 0.3) is 11.6 Å². The smallest absolute Gasteiger partial charge is 0.240 e. The molecule has 0 unspecified atom stereocenters. The molecule has 0 spiro atoms. The monoisotopic (exact) mass is 273 g/mol. The summed E-state index contributed by atoms with van der Waals surface area (Å²) in [7, 11) is 0. The fourth-order valence-corrected chi connectivity index (χ4v) is 2.39. The van der Waals surface area contributed by atoms with Gasteiger partial charge in [0.05, 0.1) is 16.5 Å². The van der Waals surface area contributed by atoms with Crippen LogP contribution in [0.4, 0.5) is 0 Å². The summed E-state index contributed by atoms with van der Waals surface area (Å²) < 4.78 is 10.5. The van der Waals surface area contributed by atoms with E-state index in [1.54, 1.807) is 36.4 Å². The molecule has 19 heavy (non-hydrogen) atoms. The van der Waals surface area contributed by atoms with Crippen molar-refractivity contribution in [2.75, 3.05) is 0 Å². The third kappa shape index (κ3) is 2.68. The predicted molar refractivity (Wildman–Crippen MR) is 70.5 cm³/mol. The molecule has 0 bridgehead atoms. The van der Waals surface area contributed by atoms with Gasteiger partial charge < -0.3 is 8.94 Å². The lowest BCUT2D eigenvalue weighted by Crippen LogP contribution is -1.89. The highest BCUT2D eigenvalue weighted by Gasteiger charge is 2.17. The van der Waals surface area contributed by atoms with Gasteiger partial charge >= 0.3 is 0 Å². The first kappa shape index (κ1) is 12.0. The summed E-state index contributed by atoms with van der Waals surface area (Å²) >= 11 is 1.57. The van der Waals surface area contributed by atoms with Crippen LogP contribution in [0.3, 0.4) is 0 Å². The van der Waals surface area contributed by atoms with Gasteiger partial charge in [-0.15, -0.1) is 0 Å². The lowest BCUT2D eigenvalue weighted by Gasteiger charge is -2.04. The third-order valence-corrected chi connectivity index (χ3v) is 3.50. The third-order valence-electron chi connectivity index (χ3n) is 2.47. The van der Waals surface area contributed by atoms with E-state index in [2.05, 4.69) is 15.1 Å². The number of rotatable bonds is 4. The molecule has 6 heteroatoms. The van der Waals surface area contributed by atoms with Gasteiger partial charge in [0.25, 0.3) is 0 Å². The highest BCUT2D eigenvalue weighted by molar-refractivity contribution is 7.99. The number of thioether (sulfide) groups is 1. The normalized spacial score (nSPS) is 12.5. The Bertz CT molecular complexity index is 637. The van der Waals surface area contributed by atoms with Crippen LogP contribution < -0.4 is 0 Å². The molecule has 96 valence electrons. The van der Waals surface area contributed by atoms with E-state index in [0.717, 1.165) is 5.03 Å². The molecule has 3 rings (SSSR count). The summed E-state index contributed by atoms with van der Waals surface area (Å²) in [4.78, 5) is 8.58. The zero-order chi connectivity index (χ0) is 13.1. The molecule has 0 aliphatic heterocycles. The van der Waals surface area contributed by atoms with Crippen molar-refractivity contribution >= 4 is 11.8 Å². The minimum absolute atomic E-state index is 0.0334. The van der Waals surface area contributed by atoms with Gasteiger partial charge in [-0.05, 0) is 31.2 Å². The number of furan rings is 1. The second kappa shape index (κ2) is 5.27. The van der Waals surface area contributed by atoms with Crippen molar-refractivity contribution in [3.63, 3.8) is 0 Å². The van der Waals surface area contributed by atoms with Crippen LogP contribution in [0.15, 0.2) is 56.8 Å². The lowest BCUT2D eigenvalue weighted by molar-refractivity contribution is 0.379. The number of hydrogen-bond donors (Lipinski definition) is 0. The van der Waals surface area contributed by atoms with Crippen LogP contribution in [0.1, 0.15) is 18.1 Å². The summed E-state index contributed by atoms with van der Waals surface area (Å²) in [5.41, 5.74) is 0. The van der Waals surface area contributed by atoms with E-state index >= 15 is 0 Å². The molecule has 0 amide bonds. The van der Waals surface area contributed by atoms with Crippen LogP contribution in [-0.4, -0.2) is 15.1 Å². The van der Waals surface area contributed by atoms with E-state index in [-0.39, 0.29) is 5.25 Å². The van der Waals surface area contributed by atoms with Crippen molar-refractivity contribution in [2.45, 2.75) is 17.2 Å². The molecule has 0 saturated heterocycles. The summed E-state index contributed by atoms with van der Waals surface area (Å²) in [6, 6.07) is 9.37. The highest BCUT2D eigenvalue weighted by atomic mass is 32.2. The van der Waals surface area contributed by atoms with Crippen molar-refractivity contribution in [1.29, 1.82) is 0 Å². The molecule has 0 aromatic carbocycles. The lowest BCUT2D eigenvalue weighted by atomic mass is 10.4. The van der Waals surface area contributed by atoms with Crippen molar-refractivity contribution in [2.24, 2.45) is 0 Å². The van der Waals surface area contributed by atoms with E-state index in [1.165, 1.54) is 0 Å². The van der Waals surface area contributed by atoms with E-state index in [4.69, 9.17) is 8.94 Å². The maximum absolute atomic E-state index is 5.25. The highest BCUT2D eigenvalue weighted by Crippen LogP contribution is 2.33. The fraction of sp³-hybridized carbons (Fsp3) is 0.154. The summed E-state index contributed by atoms with van der Waals surface area (Å²) in [6.45, 7) is 2.00. The van der Waals surface area contributed by atoms with Crippen molar-refractivity contribution in [1.82, 2.24) is 15.1 Å². The molecule has 0 fully saturated rings. The summed E-state index contributed by atoms with van der Waals surface area (Å²) in [6.07, 6.45) is 3.34. The second-order valence-corrected chi connectivity index (χ2v) is 5.22. The van der Waals surface area contributed by atoms with E-state index in [1.807, 2.05) is 25.1 Å². The van der Waals surface area contributed by atoms with Gasteiger partial charge in [0.1, 0.15) is 0 Å². The summed E-state index contributed by atoms with van der Waals surface area (Å²) in [5.74, 6) is 1.63.